The Balaban J connectivity index is 3.22. The zero-order valence-corrected chi connectivity index (χ0v) is 16.4. The first-order valence-electron chi connectivity index (χ1n) is 10.2. The molecule has 1 atom stereocenters. The van der Waals surface area contributed by atoms with Crippen molar-refractivity contribution in [3.63, 3.8) is 0 Å². The first-order chi connectivity index (χ1) is 11.7. The SMILES string of the molecule is CCCCCCCC/C=C\CCCCCCCC(=O)OC(C)NC. The Morgan fingerprint density at radius 1 is 0.875 bits per heavy atom. The molecule has 1 N–H and O–H groups in total. The van der Waals surface area contributed by atoms with Crippen LogP contribution < -0.4 is 5.32 Å². The second-order valence-corrected chi connectivity index (χ2v) is 6.76. The van der Waals surface area contributed by atoms with Crippen molar-refractivity contribution in [3.8, 4) is 0 Å². The van der Waals surface area contributed by atoms with Crippen LogP contribution in [0.1, 0.15) is 104 Å². The molecule has 0 amide bonds. The number of unbranched alkanes of at least 4 members (excludes halogenated alkanes) is 11. The number of carbonyl (C=O) groups excluding carboxylic acids is 1. The van der Waals surface area contributed by atoms with E-state index in [-0.39, 0.29) is 12.2 Å². The minimum absolute atomic E-state index is 0.0884. The van der Waals surface area contributed by atoms with Crippen LogP contribution in [0.2, 0.25) is 0 Å². The molecule has 0 saturated heterocycles. The summed E-state index contributed by atoms with van der Waals surface area (Å²) in [6.07, 6.45) is 21.7. The number of hydrogen-bond acceptors (Lipinski definition) is 3. The third-order valence-corrected chi connectivity index (χ3v) is 4.36. The van der Waals surface area contributed by atoms with Crippen molar-refractivity contribution in [2.24, 2.45) is 0 Å². The normalized spacial score (nSPS) is 12.6. The van der Waals surface area contributed by atoms with Crippen molar-refractivity contribution in [1.82, 2.24) is 5.32 Å². The highest BCUT2D eigenvalue weighted by Crippen LogP contribution is 2.10. The first kappa shape index (κ1) is 23.2. The van der Waals surface area contributed by atoms with Gasteiger partial charge in [0, 0.05) is 6.42 Å². The molecule has 24 heavy (non-hydrogen) atoms. The van der Waals surface area contributed by atoms with Gasteiger partial charge in [-0.25, -0.2) is 0 Å². The molecule has 0 fully saturated rings. The molecule has 0 saturated carbocycles. The topological polar surface area (TPSA) is 38.3 Å². The van der Waals surface area contributed by atoms with Crippen molar-refractivity contribution >= 4 is 5.97 Å². The Kier molecular flexibility index (Phi) is 17.9. The van der Waals surface area contributed by atoms with Crippen LogP contribution in [0.3, 0.4) is 0 Å². The Bertz CT molecular complexity index is 302. The molecule has 1 unspecified atom stereocenters. The average molecular weight is 340 g/mol. The highest BCUT2D eigenvalue weighted by atomic mass is 16.6. The molecule has 0 aromatic rings. The summed E-state index contributed by atoms with van der Waals surface area (Å²) in [5.74, 6) is -0.0884. The molecule has 0 heterocycles. The lowest BCUT2D eigenvalue weighted by Gasteiger charge is -2.11. The Morgan fingerprint density at radius 2 is 1.38 bits per heavy atom. The van der Waals surface area contributed by atoms with Crippen LogP contribution in [0.5, 0.6) is 0 Å². The van der Waals surface area contributed by atoms with E-state index in [0.29, 0.717) is 6.42 Å². The number of hydrogen-bond donors (Lipinski definition) is 1. The van der Waals surface area contributed by atoms with Crippen LogP contribution in [0.4, 0.5) is 0 Å². The van der Waals surface area contributed by atoms with E-state index in [9.17, 15) is 4.79 Å². The molecule has 0 spiro atoms. The maximum atomic E-state index is 11.5. The lowest BCUT2D eigenvalue weighted by molar-refractivity contribution is -0.149. The Morgan fingerprint density at radius 3 is 1.92 bits per heavy atom. The highest BCUT2D eigenvalue weighted by Gasteiger charge is 2.06. The van der Waals surface area contributed by atoms with Gasteiger partial charge >= 0.3 is 5.97 Å². The Labute approximate surface area is 150 Å². The van der Waals surface area contributed by atoms with Crippen LogP contribution in [0.25, 0.3) is 0 Å². The van der Waals surface area contributed by atoms with Crippen molar-refractivity contribution < 1.29 is 9.53 Å². The van der Waals surface area contributed by atoms with E-state index in [0.717, 1.165) is 12.8 Å². The van der Waals surface area contributed by atoms with Gasteiger partial charge in [0.2, 0.25) is 0 Å². The van der Waals surface area contributed by atoms with Crippen molar-refractivity contribution in [1.29, 1.82) is 0 Å². The lowest BCUT2D eigenvalue weighted by Crippen LogP contribution is -2.27. The number of allylic oxidation sites excluding steroid dienone is 2. The maximum Gasteiger partial charge on any atom is 0.307 e. The number of rotatable bonds is 17. The zero-order valence-electron chi connectivity index (χ0n) is 16.4. The molecule has 0 aliphatic rings. The van der Waals surface area contributed by atoms with Crippen LogP contribution in [-0.4, -0.2) is 19.2 Å². The van der Waals surface area contributed by atoms with Crippen LogP contribution >= 0.6 is 0 Å². The first-order valence-corrected chi connectivity index (χ1v) is 10.2. The third-order valence-electron chi connectivity index (χ3n) is 4.36. The van der Waals surface area contributed by atoms with E-state index < -0.39 is 0 Å². The molecule has 0 rings (SSSR count). The molecule has 142 valence electrons. The van der Waals surface area contributed by atoms with Gasteiger partial charge in [0.15, 0.2) is 0 Å². The van der Waals surface area contributed by atoms with E-state index in [1.54, 1.807) is 7.05 Å². The summed E-state index contributed by atoms with van der Waals surface area (Å²) in [6.45, 7) is 4.11. The number of nitrogens with one attached hydrogen (secondary N) is 1. The summed E-state index contributed by atoms with van der Waals surface area (Å²) in [4.78, 5) is 11.5. The fraction of sp³-hybridized carbons (Fsp3) is 0.857. The summed E-state index contributed by atoms with van der Waals surface area (Å²) in [5.41, 5.74) is 0. The van der Waals surface area contributed by atoms with Gasteiger partial charge in [0.25, 0.3) is 0 Å². The van der Waals surface area contributed by atoms with Crippen LogP contribution in [0, 0.1) is 0 Å². The van der Waals surface area contributed by atoms with E-state index in [2.05, 4.69) is 24.4 Å². The van der Waals surface area contributed by atoms with Crippen molar-refractivity contribution in [3.05, 3.63) is 12.2 Å². The predicted octanol–water partition coefficient (Wildman–Crippen LogP) is 6.13. The Hall–Kier alpha value is -0.830. The van der Waals surface area contributed by atoms with E-state index in [1.807, 2.05) is 6.92 Å². The fourth-order valence-electron chi connectivity index (χ4n) is 2.66. The number of esters is 1. The lowest BCUT2D eigenvalue weighted by atomic mass is 10.1. The maximum absolute atomic E-state index is 11.5. The van der Waals surface area contributed by atoms with Crippen molar-refractivity contribution in [2.45, 2.75) is 110 Å². The largest absolute Gasteiger partial charge is 0.447 e. The smallest absolute Gasteiger partial charge is 0.307 e. The van der Waals surface area contributed by atoms with Crippen LogP contribution in [-0.2, 0) is 9.53 Å². The summed E-state index contributed by atoms with van der Waals surface area (Å²) < 4.78 is 5.16. The van der Waals surface area contributed by atoms with E-state index >= 15 is 0 Å². The van der Waals surface area contributed by atoms with Gasteiger partial charge in [-0.15, -0.1) is 0 Å². The van der Waals surface area contributed by atoms with Gasteiger partial charge in [-0.05, 0) is 46.1 Å². The number of carbonyl (C=O) groups is 1. The van der Waals surface area contributed by atoms with Gasteiger partial charge in [-0.3, -0.25) is 10.1 Å². The van der Waals surface area contributed by atoms with E-state index in [4.69, 9.17) is 4.74 Å². The number of ether oxygens (including phenoxy) is 1. The quantitative estimate of drug-likeness (QED) is 0.150. The molecule has 0 radical (unpaired) electrons. The second-order valence-electron chi connectivity index (χ2n) is 6.76. The van der Waals surface area contributed by atoms with Gasteiger partial charge < -0.3 is 4.74 Å². The minimum Gasteiger partial charge on any atom is -0.447 e. The molecular weight excluding hydrogens is 298 g/mol. The van der Waals surface area contributed by atoms with Gasteiger partial charge in [0.1, 0.15) is 6.23 Å². The molecule has 0 aromatic carbocycles. The van der Waals surface area contributed by atoms with Gasteiger partial charge in [-0.1, -0.05) is 70.4 Å². The molecule has 0 aromatic heterocycles. The molecule has 0 aliphatic heterocycles. The van der Waals surface area contributed by atoms with Gasteiger partial charge in [-0.2, -0.15) is 0 Å². The standard InChI is InChI=1S/C21H41NO2/c1-4-5-6-7-8-9-10-11-12-13-14-15-16-17-18-19-21(23)24-20(2)22-3/h11-12,20,22H,4-10,13-19H2,1-3H3/b12-11-. The minimum atomic E-state index is -0.180. The van der Waals surface area contributed by atoms with Gasteiger partial charge in [0.05, 0.1) is 0 Å². The monoisotopic (exact) mass is 339 g/mol. The van der Waals surface area contributed by atoms with E-state index in [1.165, 1.54) is 70.6 Å². The second kappa shape index (κ2) is 18.5. The van der Waals surface area contributed by atoms with Crippen LogP contribution in [0.15, 0.2) is 12.2 Å². The summed E-state index contributed by atoms with van der Waals surface area (Å²) >= 11 is 0. The van der Waals surface area contributed by atoms with Crippen molar-refractivity contribution in [2.75, 3.05) is 7.05 Å². The zero-order chi connectivity index (χ0) is 17.9. The average Bonchev–Trinajstić information content (AvgIpc) is 2.58. The molecule has 0 aliphatic carbocycles. The summed E-state index contributed by atoms with van der Waals surface area (Å²) in [7, 11) is 1.79. The third kappa shape index (κ3) is 17.5. The molecule has 3 nitrogen and oxygen atoms in total. The highest BCUT2D eigenvalue weighted by molar-refractivity contribution is 5.69. The molecule has 3 heteroatoms. The summed E-state index contributed by atoms with van der Waals surface area (Å²) in [5, 5.41) is 2.90. The molecular formula is C21H41NO2. The predicted molar refractivity (Wildman–Crippen MR) is 104 cm³/mol. The molecule has 0 bridgehead atoms. The fourth-order valence-corrected chi connectivity index (χ4v) is 2.66. The summed E-state index contributed by atoms with van der Waals surface area (Å²) in [6, 6.07) is 0.